The van der Waals surface area contributed by atoms with Gasteiger partial charge >= 0.3 is 5.97 Å². The largest absolute Gasteiger partial charge is 0.460 e. The monoisotopic (exact) mass is 450 g/mol. The maximum Gasteiger partial charge on any atom is 0.325 e. The average Bonchev–Trinajstić information content (AvgIpc) is 2.71. The Kier molecular flexibility index (Phi) is 11.0. The molecular weight excluding hydrogens is 412 g/mol. The van der Waals surface area contributed by atoms with Crippen LogP contribution < -0.4 is 11.1 Å². The van der Waals surface area contributed by atoms with Crippen LogP contribution >= 0.6 is 0 Å². The highest BCUT2D eigenvalue weighted by Crippen LogP contribution is 2.14. The van der Waals surface area contributed by atoms with Crippen LogP contribution in [-0.4, -0.2) is 54.7 Å². The number of carbonyl (C=O) groups is 3. The molecule has 0 bridgehead atoms. The summed E-state index contributed by atoms with van der Waals surface area (Å²) in [4.78, 5) is 37.3. The third-order valence-corrected chi connectivity index (χ3v) is 4.29. The Morgan fingerprint density at radius 2 is 1.50 bits per heavy atom. The van der Waals surface area contributed by atoms with Crippen LogP contribution in [0.5, 0.6) is 0 Å². The van der Waals surface area contributed by atoms with Crippen LogP contribution in [0.4, 0.5) is 0 Å². The van der Waals surface area contributed by atoms with E-state index in [4.69, 9.17) is 19.9 Å². The Morgan fingerprint density at radius 3 is 2.06 bits per heavy atom. The number of rotatable bonds is 12. The fourth-order valence-electron chi connectivity index (χ4n) is 2.50. The summed E-state index contributed by atoms with van der Waals surface area (Å²) in [6.45, 7) is 11.1. The first kappa shape index (κ1) is 27.7. The highest BCUT2D eigenvalue weighted by Gasteiger charge is 2.28. The Labute approximate surface area is 191 Å². The Balaban J connectivity index is 2.61. The third-order valence-electron chi connectivity index (χ3n) is 4.29. The molecule has 0 heterocycles. The SMILES string of the molecule is CC(C)(C)OC[C@H](CC(=O)[C@@H](N)COC(C)(C)C)C(=O)NCC(=O)OCc1ccccc1. The summed E-state index contributed by atoms with van der Waals surface area (Å²) in [6.07, 6.45) is -0.115. The van der Waals surface area contributed by atoms with E-state index in [1.807, 2.05) is 71.9 Å². The van der Waals surface area contributed by atoms with Gasteiger partial charge in [0, 0.05) is 6.42 Å². The number of ketones is 1. The molecule has 0 radical (unpaired) electrons. The number of benzene rings is 1. The van der Waals surface area contributed by atoms with Crippen LogP contribution in [-0.2, 0) is 35.2 Å². The molecule has 0 unspecified atom stereocenters. The minimum atomic E-state index is -0.852. The highest BCUT2D eigenvalue weighted by molar-refractivity contribution is 5.90. The molecule has 0 aliphatic heterocycles. The third kappa shape index (κ3) is 12.5. The van der Waals surface area contributed by atoms with E-state index < -0.39 is 35.0 Å². The Bertz CT molecular complexity index is 737. The number of hydrogen-bond acceptors (Lipinski definition) is 7. The number of nitrogens with one attached hydrogen (secondary N) is 1. The number of amides is 1. The van der Waals surface area contributed by atoms with Crippen molar-refractivity contribution in [1.29, 1.82) is 0 Å². The van der Waals surface area contributed by atoms with Crippen LogP contribution in [0.2, 0.25) is 0 Å². The first-order valence-electron chi connectivity index (χ1n) is 10.8. The molecule has 1 rings (SSSR count). The van der Waals surface area contributed by atoms with Gasteiger partial charge < -0.3 is 25.3 Å². The molecule has 0 saturated carbocycles. The number of carbonyl (C=O) groups excluding carboxylic acids is 3. The summed E-state index contributed by atoms with van der Waals surface area (Å²) >= 11 is 0. The zero-order valence-electron chi connectivity index (χ0n) is 20.1. The second-order valence-electron chi connectivity index (χ2n) is 9.68. The molecule has 8 nitrogen and oxygen atoms in total. The van der Waals surface area contributed by atoms with Crippen LogP contribution in [0, 0.1) is 5.92 Å². The molecule has 0 spiro atoms. The molecule has 1 amide bonds. The fourth-order valence-corrected chi connectivity index (χ4v) is 2.50. The molecule has 8 heteroatoms. The molecule has 2 atom stereocenters. The smallest absolute Gasteiger partial charge is 0.325 e. The zero-order chi connectivity index (χ0) is 24.4. The lowest BCUT2D eigenvalue weighted by Gasteiger charge is -2.25. The van der Waals surface area contributed by atoms with Gasteiger partial charge in [-0.3, -0.25) is 14.4 Å². The molecule has 180 valence electrons. The summed E-state index contributed by atoms with van der Waals surface area (Å²) in [5.41, 5.74) is 5.88. The van der Waals surface area contributed by atoms with E-state index in [2.05, 4.69) is 5.32 Å². The molecule has 0 aliphatic carbocycles. The summed E-state index contributed by atoms with van der Waals surface area (Å²) in [6, 6.07) is 8.38. The van der Waals surface area contributed by atoms with Crippen molar-refractivity contribution in [2.75, 3.05) is 19.8 Å². The van der Waals surface area contributed by atoms with E-state index in [1.54, 1.807) is 0 Å². The molecule has 0 aromatic heterocycles. The van der Waals surface area contributed by atoms with Crippen molar-refractivity contribution in [3.05, 3.63) is 35.9 Å². The van der Waals surface area contributed by atoms with Crippen LogP contribution in [0.1, 0.15) is 53.5 Å². The minimum Gasteiger partial charge on any atom is -0.460 e. The van der Waals surface area contributed by atoms with Crippen molar-refractivity contribution >= 4 is 17.7 Å². The van der Waals surface area contributed by atoms with E-state index in [1.165, 1.54) is 0 Å². The molecular formula is C24H38N2O6. The second-order valence-corrected chi connectivity index (χ2v) is 9.68. The molecule has 0 fully saturated rings. The molecule has 0 saturated heterocycles. The first-order valence-corrected chi connectivity index (χ1v) is 10.8. The number of nitrogens with two attached hydrogens (primary N) is 1. The standard InChI is InChI=1S/C24H38N2O6/c1-23(2,3)31-15-18(12-20(27)19(25)16-32-24(4,5)6)22(29)26-13-21(28)30-14-17-10-8-7-9-11-17/h7-11,18-19H,12-16,25H2,1-6H3,(H,26,29)/t18-,19-/m0/s1. The van der Waals surface area contributed by atoms with Gasteiger partial charge in [0.2, 0.25) is 5.91 Å². The van der Waals surface area contributed by atoms with Crippen molar-refractivity contribution in [3.63, 3.8) is 0 Å². The Morgan fingerprint density at radius 1 is 0.938 bits per heavy atom. The van der Waals surface area contributed by atoms with Crippen molar-refractivity contribution in [1.82, 2.24) is 5.32 Å². The summed E-state index contributed by atoms with van der Waals surface area (Å²) in [5, 5.41) is 2.54. The molecule has 1 aromatic rings. The van der Waals surface area contributed by atoms with E-state index in [0.717, 1.165) is 5.56 Å². The first-order chi connectivity index (χ1) is 14.8. The van der Waals surface area contributed by atoms with Crippen LogP contribution in [0.25, 0.3) is 0 Å². The van der Waals surface area contributed by atoms with Crippen LogP contribution in [0.3, 0.4) is 0 Å². The summed E-state index contributed by atoms with van der Waals surface area (Å²) in [7, 11) is 0. The average molecular weight is 451 g/mol. The fraction of sp³-hybridized carbons (Fsp3) is 0.625. The summed E-state index contributed by atoms with van der Waals surface area (Å²) < 4.78 is 16.5. The van der Waals surface area contributed by atoms with Crippen molar-refractivity contribution in [2.45, 2.75) is 71.8 Å². The lowest BCUT2D eigenvalue weighted by Crippen LogP contribution is -2.43. The molecule has 32 heavy (non-hydrogen) atoms. The topological polar surface area (TPSA) is 117 Å². The summed E-state index contributed by atoms with van der Waals surface area (Å²) in [5.74, 6) is -2.13. The minimum absolute atomic E-state index is 0.0208. The van der Waals surface area contributed by atoms with E-state index in [0.29, 0.717) is 0 Å². The molecule has 0 aliphatic rings. The van der Waals surface area contributed by atoms with Crippen molar-refractivity contribution in [3.8, 4) is 0 Å². The quantitative estimate of drug-likeness (QED) is 0.470. The van der Waals surface area contributed by atoms with Gasteiger partial charge in [-0.1, -0.05) is 30.3 Å². The molecule has 3 N–H and O–H groups in total. The lowest BCUT2D eigenvalue weighted by atomic mass is 9.98. The van der Waals surface area contributed by atoms with E-state index in [-0.39, 0.29) is 38.6 Å². The van der Waals surface area contributed by atoms with Gasteiger partial charge in [-0.2, -0.15) is 0 Å². The van der Waals surface area contributed by atoms with Gasteiger partial charge in [-0.25, -0.2) is 0 Å². The number of ether oxygens (including phenoxy) is 3. The maximum absolute atomic E-state index is 12.7. The number of hydrogen-bond donors (Lipinski definition) is 2. The highest BCUT2D eigenvalue weighted by atomic mass is 16.5. The molecule has 1 aromatic carbocycles. The zero-order valence-corrected chi connectivity index (χ0v) is 20.1. The van der Waals surface area contributed by atoms with Gasteiger partial charge in [0.1, 0.15) is 13.2 Å². The lowest BCUT2D eigenvalue weighted by molar-refractivity contribution is -0.146. The number of esters is 1. The predicted octanol–water partition coefficient (Wildman–Crippen LogP) is 2.38. The second kappa shape index (κ2) is 12.7. The number of Topliss-reactive ketones (excluding diaryl/α,β-unsaturated/α-hetero) is 1. The van der Waals surface area contributed by atoms with Gasteiger partial charge in [0.25, 0.3) is 0 Å². The maximum atomic E-state index is 12.7. The predicted molar refractivity (Wildman–Crippen MR) is 122 cm³/mol. The van der Waals surface area contributed by atoms with Crippen molar-refractivity contribution < 1.29 is 28.6 Å². The van der Waals surface area contributed by atoms with Gasteiger partial charge in [-0.15, -0.1) is 0 Å². The normalized spacial score (nSPS) is 13.8. The Hall–Kier alpha value is -2.29. The van der Waals surface area contributed by atoms with Gasteiger partial charge in [0.15, 0.2) is 5.78 Å². The van der Waals surface area contributed by atoms with Crippen LogP contribution in [0.15, 0.2) is 30.3 Å². The van der Waals surface area contributed by atoms with Gasteiger partial charge in [0.05, 0.1) is 36.4 Å². The van der Waals surface area contributed by atoms with Gasteiger partial charge in [-0.05, 0) is 47.1 Å². The van der Waals surface area contributed by atoms with E-state index >= 15 is 0 Å². The van der Waals surface area contributed by atoms with Crippen molar-refractivity contribution in [2.24, 2.45) is 11.7 Å². The van der Waals surface area contributed by atoms with E-state index in [9.17, 15) is 14.4 Å².